The molecule has 0 spiro atoms. The van der Waals surface area contributed by atoms with E-state index >= 15 is 0 Å². The molecule has 1 unspecified atom stereocenters. The zero-order valence-electron chi connectivity index (χ0n) is 17.3. The first-order valence-corrected chi connectivity index (χ1v) is 10.5. The first-order chi connectivity index (χ1) is 15.2. The van der Waals surface area contributed by atoms with Gasteiger partial charge in [0.1, 0.15) is 0 Å². The molecular weight excluding hydrogens is 459 g/mol. The van der Waals surface area contributed by atoms with Gasteiger partial charge in [-0.15, -0.1) is 5.06 Å². The smallest absolute Gasteiger partial charge is 0.330 e. The van der Waals surface area contributed by atoms with Crippen LogP contribution in [0, 0.1) is 0 Å². The van der Waals surface area contributed by atoms with Crippen LogP contribution in [-0.4, -0.2) is 30.4 Å². The van der Waals surface area contributed by atoms with Crippen LogP contribution in [-0.2, 0) is 29.5 Å². The van der Waals surface area contributed by atoms with Crippen molar-refractivity contribution in [2.75, 3.05) is 11.7 Å². The number of ether oxygens (including phenoxy) is 1. The summed E-state index contributed by atoms with van der Waals surface area (Å²) < 4.78 is 4.99. The van der Waals surface area contributed by atoms with Crippen molar-refractivity contribution in [1.29, 1.82) is 0 Å². The number of hydrogen-bond acceptors (Lipinski definition) is 6. The zero-order valence-corrected chi connectivity index (χ0v) is 18.8. The van der Waals surface area contributed by atoms with E-state index in [1.165, 1.54) is 18.2 Å². The van der Waals surface area contributed by atoms with Gasteiger partial charge in [0, 0.05) is 24.5 Å². The summed E-state index contributed by atoms with van der Waals surface area (Å²) in [5, 5.41) is 4.00. The molecule has 8 nitrogen and oxygen atoms in total. The number of benzene rings is 2. The molecule has 0 aromatic heterocycles. The highest BCUT2D eigenvalue weighted by Gasteiger charge is 2.53. The van der Waals surface area contributed by atoms with E-state index in [1.54, 1.807) is 31.2 Å². The molecule has 0 bridgehead atoms. The maximum Gasteiger partial charge on any atom is 0.330 e. The first-order valence-electron chi connectivity index (χ1n) is 9.75. The maximum atomic E-state index is 13.5. The van der Waals surface area contributed by atoms with Gasteiger partial charge in [-0.1, -0.05) is 41.4 Å². The fourth-order valence-electron chi connectivity index (χ4n) is 3.48. The van der Waals surface area contributed by atoms with Crippen molar-refractivity contribution in [3.63, 3.8) is 0 Å². The molecule has 1 N–H and O–H groups in total. The number of hydroxylamine groups is 1. The van der Waals surface area contributed by atoms with E-state index < -0.39 is 29.3 Å². The summed E-state index contributed by atoms with van der Waals surface area (Å²) in [6.07, 6.45) is -0.282. The zero-order chi connectivity index (χ0) is 23.5. The largest absolute Gasteiger partial charge is 0.466 e. The van der Waals surface area contributed by atoms with Crippen molar-refractivity contribution in [2.45, 2.75) is 32.2 Å². The number of amides is 2. The molecule has 0 fully saturated rings. The van der Waals surface area contributed by atoms with Crippen molar-refractivity contribution in [3.05, 3.63) is 63.6 Å². The third kappa shape index (κ3) is 4.56. The lowest BCUT2D eigenvalue weighted by Gasteiger charge is -2.29. The number of rotatable bonds is 7. The lowest BCUT2D eigenvalue weighted by Crippen LogP contribution is -2.53. The molecule has 10 heteroatoms. The topological polar surface area (TPSA) is 102 Å². The SMILES string of the molecule is CCOC(=O)CCC1(NC(=O)c2ccc(Cl)c(Cl)c2)C(=O)N(OC(C)=O)c2ccccc21. The van der Waals surface area contributed by atoms with Crippen LogP contribution in [0.1, 0.15) is 42.6 Å². The Bertz CT molecular complexity index is 1090. The van der Waals surface area contributed by atoms with Crippen molar-refractivity contribution < 1.29 is 28.8 Å². The fourth-order valence-corrected chi connectivity index (χ4v) is 3.78. The standard InChI is InChI=1S/C22H20Cl2N2O6/c1-3-31-19(28)10-11-22(25-20(29)14-8-9-16(23)17(24)12-14)15-6-4-5-7-18(15)26(21(22)30)32-13(2)27/h4-9,12H,3,10-11H2,1-2H3,(H,25,29). The number of carbonyl (C=O) groups is 4. The normalized spacial score (nSPS) is 17.0. The molecule has 0 aliphatic carbocycles. The average Bonchev–Trinajstić information content (AvgIpc) is 2.97. The summed E-state index contributed by atoms with van der Waals surface area (Å²) >= 11 is 12.0. The Labute approximate surface area is 194 Å². The third-order valence-corrected chi connectivity index (χ3v) is 5.61. The number of carbonyl (C=O) groups excluding carboxylic acids is 4. The Morgan fingerprint density at radius 1 is 1.09 bits per heavy atom. The Morgan fingerprint density at radius 2 is 1.81 bits per heavy atom. The van der Waals surface area contributed by atoms with Gasteiger partial charge in [-0.3, -0.25) is 14.4 Å². The number of hydrogen-bond donors (Lipinski definition) is 1. The molecular formula is C22H20Cl2N2O6. The molecule has 1 aliphatic heterocycles. The van der Waals surface area contributed by atoms with Gasteiger partial charge in [0.15, 0.2) is 5.54 Å². The molecule has 2 aromatic rings. The third-order valence-electron chi connectivity index (χ3n) is 4.87. The van der Waals surface area contributed by atoms with Crippen LogP contribution in [0.25, 0.3) is 0 Å². The van der Waals surface area contributed by atoms with Gasteiger partial charge in [0.2, 0.25) is 0 Å². The van der Waals surface area contributed by atoms with Gasteiger partial charge in [0.25, 0.3) is 11.8 Å². The minimum atomic E-state index is -1.68. The molecule has 3 rings (SSSR count). The summed E-state index contributed by atoms with van der Waals surface area (Å²) in [6.45, 7) is 2.99. The van der Waals surface area contributed by atoms with Crippen LogP contribution in [0.3, 0.4) is 0 Å². The Balaban J connectivity index is 2.05. The number of nitrogens with zero attached hydrogens (tertiary/aromatic N) is 1. The van der Waals surface area contributed by atoms with Crippen molar-refractivity contribution in [3.8, 4) is 0 Å². The van der Waals surface area contributed by atoms with Gasteiger partial charge in [0.05, 0.1) is 22.3 Å². The van der Waals surface area contributed by atoms with Crippen LogP contribution < -0.4 is 10.4 Å². The second-order valence-electron chi connectivity index (χ2n) is 6.99. The number of anilines is 1. The van der Waals surface area contributed by atoms with E-state index in [4.69, 9.17) is 32.8 Å². The number of para-hydroxylation sites is 1. The van der Waals surface area contributed by atoms with Gasteiger partial charge in [-0.05, 0) is 37.6 Å². The quantitative estimate of drug-likeness (QED) is 0.607. The van der Waals surface area contributed by atoms with Crippen molar-refractivity contribution in [2.24, 2.45) is 0 Å². The average molecular weight is 479 g/mol. The van der Waals surface area contributed by atoms with E-state index in [0.29, 0.717) is 5.56 Å². The molecule has 168 valence electrons. The van der Waals surface area contributed by atoms with Crippen LogP contribution in [0.2, 0.25) is 10.0 Å². The molecule has 2 aromatic carbocycles. The van der Waals surface area contributed by atoms with Gasteiger partial charge < -0.3 is 14.9 Å². The molecule has 2 amide bonds. The Kier molecular flexibility index (Phi) is 7.06. The second-order valence-corrected chi connectivity index (χ2v) is 7.81. The Morgan fingerprint density at radius 3 is 2.47 bits per heavy atom. The van der Waals surface area contributed by atoms with E-state index in [1.807, 2.05) is 0 Å². The molecule has 32 heavy (non-hydrogen) atoms. The number of nitrogens with one attached hydrogen (secondary N) is 1. The van der Waals surface area contributed by atoms with Crippen LogP contribution in [0.5, 0.6) is 0 Å². The maximum absolute atomic E-state index is 13.5. The van der Waals surface area contributed by atoms with Crippen molar-refractivity contribution >= 4 is 52.6 Å². The van der Waals surface area contributed by atoms with Gasteiger partial charge in [-0.25, -0.2) is 4.79 Å². The lowest BCUT2D eigenvalue weighted by atomic mass is 9.86. The van der Waals surface area contributed by atoms with E-state index in [0.717, 1.165) is 12.0 Å². The number of halogens is 2. The monoisotopic (exact) mass is 478 g/mol. The fraction of sp³-hybridized carbons (Fsp3) is 0.273. The summed E-state index contributed by atoms with van der Waals surface area (Å²) in [5.41, 5.74) is -0.858. The molecule has 0 saturated heterocycles. The van der Waals surface area contributed by atoms with Crippen LogP contribution >= 0.6 is 23.2 Å². The van der Waals surface area contributed by atoms with E-state index in [9.17, 15) is 19.2 Å². The minimum absolute atomic E-state index is 0.119. The van der Waals surface area contributed by atoms with Crippen molar-refractivity contribution in [1.82, 2.24) is 5.32 Å². The van der Waals surface area contributed by atoms with Gasteiger partial charge in [-0.2, -0.15) is 0 Å². The summed E-state index contributed by atoms with van der Waals surface area (Å²) in [5.74, 6) is -2.59. The molecule has 1 aliphatic rings. The molecule has 1 heterocycles. The number of fused-ring (bicyclic) bond motifs is 1. The highest BCUT2D eigenvalue weighted by atomic mass is 35.5. The highest BCUT2D eigenvalue weighted by molar-refractivity contribution is 6.42. The second kappa shape index (κ2) is 9.58. The van der Waals surface area contributed by atoms with E-state index in [2.05, 4.69) is 5.32 Å². The summed E-state index contributed by atoms with van der Waals surface area (Å²) in [6, 6.07) is 10.8. The number of esters is 1. The molecule has 1 atom stereocenters. The first kappa shape index (κ1) is 23.6. The minimum Gasteiger partial charge on any atom is -0.466 e. The predicted molar refractivity (Wildman–Crippen MR) is 117 cm³/mol. The van der Waals surface area contributed by atoms with Crippen LogP contribution in [0.15, 0.2) is 42.5 Å². The van der Waals surface area contributed by atoms with Gasteiger partial charge >= 0.3 is 11.9 Å². The molecule has 0 radical (unpaired) electrons. The lowest BCUT2D eigenvalue weighted by molar-refractivity contribution is -0.150. The highest BCUT2D eigenvalue weighted by Crippen LogP contribution is 2.43. The molecule has 0 saturated carbocycles. The van der Waals surface area contributed by atoms with Crippen LogP contribution in [0.4, 0.5) is 5.69 Å². The summed E-state index contributed by atoms with van der Waals surface area (Å²) in [4.78, 5) is 55.5. The summed E-state index contributed by atoms with van der Waals surface area (Å²) in [7, 11) is 0. The predicted octanol–water partition coefficient (Wildman–Crippen LogP) is 3.79. The Hall–Kier alpha value is -3.10. The van der Waals surface area contributed by atoms with E-state index in [-0.39, 0.29) is 40.7 Å².